The molecule has 13 heavy (non-hydrogen) atoms. The molecule has 0 spiro atoms. The molecular weight excluding hydrogens is 180 g/mol. The van der Waals surface area contributed by atoms with Gasteiger partial charge in [0.25, 0.3) is 0 Å². The van der Waals surface area contributed by atoms with Crippen LogP contribution in [-0.4, -0.2) is 17.0 Å². The molecule has 1 rings (SSSR count). The molecule has 0 aliphatic carbocycles. The summed E-state index contributed by atoms with van der Waals surface area (Å²) in [6.45, 7) is 1.83. The Kier molecular flexibility index (Phi) is 4.33. The van der Waals surface area contributed by atoms with E-state index in [9.17, 15) is 5.11 Å². The third-order valence-corrected chi connectivity index (χ3v) is 2.51. The van der Waals surface area contributed by atoms with Gasteiger partial charge in [0.15, 0.2) is 0 Å². The van der Waals surface area contributed by atoms with Crippen molar-refractivity contribution in [1.29, 1.82) is 0 Å². The van der Waals surface area contributed by atoms with Crippen molar-refractivity contribution >= 4 is 12.6 Å². The smallest absolute Gasteiger partial charge is 0.0580 e. The Bertz CT molecular complexity index is 233. The summed E-state index contributed by atoms with van der Waals surface area (Å²) in [5.74, 6) is 1.03. The molecule has 0 aromatic heterocycles. The predicted molar refractivity (Wildman–Crippen MR) is 59.3 cm³/mol. The van der Waals surface area contributed by atoms with E-state index in [0.717, 1.165) is 12.2 Å². The molecular formula is C11H16OS. The van der Waals surface area contributed by atoms with Crippen molar-refractivity contribution in [2.24, 2.45) is 0 Å². The van der Waals surface area contributed by atoms with Gasteiger partial charge in [0.05, 0.1) is 6.10 Å². The summed E-state index contributed by atoms with van der Waals surface area (Å²) in [4.78, 5) is 0. The largest absolute Gasteiger partial charge is 0.393 e. The summed E-state index contributed by atoms with van der Waals surface area (Å²) < 4.78 is 0. The average Bonchev–Trinajstić information content (AvgIpc) is 2.15. The third-order valence-electron chi connectivity index (χ3n) is 2.25. The molecule has 0 bridgehead atoms. The highest BCUT2D eigenvalue weighted by Gasteiger charge is 2.15. The Labute approximate surface area is 85.2 Å². The Hall–Kier alpha value is -0.470. The van der Waals surface area contributed by atoms with Gasteiger partial charge in [-0.3, -0.25) is 0 Å². The van der Waals surface area contributed by atoms with Gasteiger partial charge in [0.1, 0.15) is 0 Å². The SMILES string of the molecule is CC(O)C(CCS)c1ccccc1. The molecule has 0 aliphatic heterocycles. The zero-order valence-electron chi connectivity index (χ0n) is 7.85. The van der Waals surface area contributed by atoms with E-state index in [4.69, 9.17) is 0 Å². The van der Waals surface area contributed by atoms with Crippen LogP contribution in [0.3, 0.4) is 0 Å². The van der Waals surface area contributed by atoms with Crippen LogP contribution in [0.25, 0.3) is 0 Å². The van der Waals surface area contributed by atoms with Gasteiger partial charge in [-0.1, -0.05) is 30.3 Å². The van der Waals surface area contributed by atoms with Crippen LogP contribution in [0.1, 0.15) is 24.8 Å². The number of hydrogen-bond acceptors (Lipinski definition) is 2. The van der Waals surface area contributed by atoms with E-state index in [2.05, 4.69) is 24.8 Å². The molecule has 0 fully saturated rings. The molecule has 1 N–H and O–H groups in total. The molecule has 0 aliphatic rings. The van der Waals surface area contributed by atoms with E-state index in [1.807, 2.05) is 25.1 Å². The van der Waals surface area contributed by atoms with Crippen molar-refractivity contribution in [3.63, 3.8) is 0 Å². The quantitative estimate of drug-likeness (QED) is 0.709. The summed E-state index contributed by atoms with van der Waals surface area (Å²) in [5.41, 5.74) is 1.20. The van der Waals surface area contributed by atoms with E-state index in [1.165, 1.54) is 5.56 Å². The van der Waals surface area contributed by atoms with Crippen molar-refractivity contribution in [3.05, 3.63) is 35.9 Å². The van der Waals surface area contributed by atoms with Gasteiger partial charge >= 0.3 is 0 Å². The minimum atomic E-state index is -0.297. The molecule has 1 aromatic carbocycles. The lowest BCUT2D eigenvalue weighted by Crippen LogP contribution is -2.15. The summed E-state index contributed by atoms with van der Waals surface area (Å²) in [6.07, 6.45) is 0.625. The van der Waals surface area contributed by atoms with Gasteiger partial charge in [-0.25, -0.2) is 0 Å². The van der Waals surface area contributed by atoms with E-state index in [-0.39, 0.29) is 12.0 Å². The van der Waals surface area contributed by atoms with Gasteiger partial charge in [0, 0.05) is 5.92 Å². The molecule has 0 amide bonds. The molecule has 1 aromatic rings. The molecule has 0 saturated carbocycles. The number of benzene rings is 1. The summed E-state index contributed by atoms with van der Waals surface area (Å²) in [6, 6.07) is 10.1. The number of hydrogen-bond donors (Lipinski definition) is 2. The first kappa shape index (κ1) is 10.6. The zero-order chi connectivity index (χ0) is 9.68. The fraction of sp³-hybridized carbons (Fsp3) is 0.455. The maximum Gasteiger partial charge on any atom is 0.0580 e. The van der Waals surface area contributed by atoms with Crippen LogP contribution in [-0.2, 0) is 0 Å². The van der Waals surface area contributed by atoms with Crippen LogP contribution in [0.15, 0.2) is 30.3 Å². The molecule has 2 unspecified atom stereocenters. The highest BCUT2D eigenvalue weighted by molar-refractivity contribution is 7.80. The minimum Gasteiger partial charge on any atom is -0.393 e. The number of aliphatic hydroxyl groups excluding tert-OH is 1. The van der Waals surface area contributed by atoms with Crippen LogP contribution in [0.5, 0.6) is 0 Å². The van der Waals surface area contributed by atoms with Crippen LogP contribution in [0.4, 0.5) is 0 Å². The van der Waals surface area contributed by atoms with Gasteiger partial charge in [-0.15, -0.1) is 0 Å². The first-order chi connectivity index (χ1) is 6.25. The summed E-state index contributed by atoms with van der Waals surface area (Å²) in [7, 11) is 0. The van der Waals surface area contributed by atoms with Crippen molar-refractivity contribution < 1.29 is 5.11 Å². The van der Waals surface area contributed by atoms with E-state index in [0.29, 0.717) is 0 Å². The van der Waals surface area contributed by atoms with Crippen LogP contribution in [0.2, 0.25) is 0 Å². The van der Waals surface area contributed by atoms with Crippen molar-refractivity contribution in [1.82, 2.24) is 0 Å². The van der Waals surface area contributed by atoms with Crippen molar-refractivity contribution in [2.45, 2.75) is 25.4 Å². The lowest BCUT2D eigenvalue weighted by atomic mass is 9.92. The Balaban J connectivity index is 2.76. The molecule has 2 heteroatoms. The summed E-state index contributed by atoms with van der Waals surface area (Å²) >= 11 is 4.19. The van der Waals surface area contributed by atoms with Crippen LogP contribution >= 0.6 is 12.6 Å². The fourth-order valence-corrected chi connectivity index (χ4v) is 1.80. The summed E-state index contributed by atoms with van der Waals surface area (Å²) in [5, 5.41) is 9.56. The maximum absolute atomic E-state index is 9.56. The van der Waals surface area contributed by atoms with Crippen LogP contribution < -0.4 is 0 Å². The number of thiol groups is 1. The van der Waals surface area contributed by atoms with Crippen molar-refractivity contribution in [3.8, 4) is 0 Å². The first-order valence-corrected chi connectivity index (χ1v) is 5.23. The molecule has 0 saturated heterocycles. The Morgan fingerprint density at radius 3 is 2.38 bits per heavy atom. The third kappa shape index (κ3) is 3.05. The zero-order valence-corrected chi connectivity index (χ0v) is 8.74. The van der Waals surface area contributed by atoms with Gasteiger partial charge in [0.2, 0.25) is 0 Å². The number of rotatable bonds is 4. The maximum atomic E-state index is 9.56. The van der Waals surface area contributed by atoms with E-state index >= 15 is 0 Å². The van der Waals surface area contributed by atoms with Gasteiger partial charge < -0.3 is 5.11 Å². The number of aliphatic hydroxyl groups is 1. The van der Waals surface area contributed by atoms with Crippen molar-refractivity contribution in [2.75, 3.05) is 5.75 Å². The normalized spacial score (nSPS) is 15.3. The van der Waals surface area contributed by atoms with Gasteiger partial charge in [-0.2, -0.15) is 12.6 Å². The topological polar surface area (TPSA) is 20.2 Å². The lowest BCUT2D eigenvalue weighted by Gasteiger charge is -2.19. The van der Waals surface area contributed by atoms with Crippen LogP contribution in [0, 0.1) is 0 Å². The van der Waals surface area contributed by atoms with E-state index in [1.54, 1.807) is 0 Å². The predicted octanol–water partition coefficient (Wildman–Crippen LogP) is 2.47. The molecule has 72 valence electrons. The monoisotopic (exact) mass is 196 g/mol. The average molecular weight is 196 g/mol. The first-order valence-electron chi connectivity index (χ1n) is 4.59. The Morgan fingerprint density at radius 2 is 1.92 bits per heavy atom. The second-order valence-corrected chi connectivity index (χ2v) is 3.72. The lowest BCUT2D eigenvalue weighted by molar-refractivity contribution is 0.160. The molecule has 1 nitrogen and oxygen atoms in total. The van der Waals surface area contributed by atoms with E-state index < -0.39 is 0 Å². The highest BCUT2D eigenvalue weighted by atomic mass is 32.1. The fourth-order valence-electron chi connectivity index (χ4n) is 1.53. The standard InChI is InChI=1S/C11H16OS/c1-9(12)11(7-8-13)10-5-3-2-4-6-10/h2-6,9,11-13H,7-8H2,1H3. The second kappa shape index (κ2) is 5.30. The minimum absolute atomic E-state index is 0.221. The Morgan fingerprint density at radius 1 is 1.31 bits per heavy atom. The highest BCUT2D eigenvalue weighted by Crippen LogP contribution is 2.23. The molecule has 0 heterocycles. The second-order valence-electron chi connectivity index (χ2n) is 3.27. The molecule has 2 atom stereocenters. The molecule has 0 radical (unpaired) electrons. The van der Waals surface area contributed by atoms with Gasteiger partial charge in [-0.05, 0) is 24.7 Å².